The third-order valence-electron chi connectivity index (χ3n) is 2.81. The summed E-state index contributed by atoms with van der Waals surface area (Å²) < 4.78 is 13.9. The molecule has 0 aliphatic heterocycles. The molecule has 2 aromatic rings. The highest BCUT2D eigenvalue weighted by Crippen LogP contribution is 2.28. The lowest BCUT2D eigenvalue weighted by molar-refractivity contribution is 0.215. The maximum Gasteiger partial charge on any atom is 0.132 e. The van der Waals surface area contributed by atoms with Gasteiger partial charge in [-0.2, -0.15) is 0 Å². The van der Waals surface area contributed by atoms with E-state index in [-0.39, 0.29) is 5.82 Å². The van der Waals surface area contributed by atoms with Gasteiger partial charge in [0, 0.05) is 23.9 Å². The van der Waals surface area contributed by atoms with Gasteiger partial charge in [0.1, 0.15) is 12.9 Å². The Morgan fingerprint density at radius 1 is 1.21 bits per heavy atom. The number of nitrogens with zero attached hydrogens (tertiary/aromatic N) is 1. The van der Waals surface area contributed by atoms with Gasteiger partial charge in [-0.05, 0) is 23.8 Å². The Kier molecular flexibility index (Phi) is 4.13. The molecule has 2 aromatic carbocycles. The number of para-hydroxylation sites is 1. The van der Waals surface area contributed by atoms with Crippen LogP contribution in [0.5, 0.6) is 0 Å². The van der Waals surface area contributed by atoms with Crippen LogP contribution in [0.1, 0.15) is 5.56 Å². The molecule has 0 amide bonds. The molecule has 0 bridgehead atoms. The van der Waals surface area contributed by atoms with Gasteiger partial charge in [0.25, 0.3) is 0 Å². The van der Waals surface area contributed by atoms with Crippen LogP contribution < -0.4 is 5.32 Å². The Morgan fingerprint density at radius 3 is 2.68 bits per heavy atom. The zero-order chi connectivity index (χ0) is 13.7. The molecule has 98 valence electrons. The highest BCUT2D eigenvalue weighted by atomic mass is 19.1. The van der Waals surface area contributed by atoms with E-state index in [1.165, 1.54) is 19.4 Å². The molecule has 0 atom stereocenters. The van der Waals surface area contributed by atoms with Crippen LogP contribution in [0.15, 0.2) is 47.6 Å². The molecule has 0 radical (unpaired) electrons. The summed E-state index contributed by atoms with van der Waals surface area (Å²) in [6.45, 7) is 0. The second kappa shape index (κ2) is 6.00. The van der Waals surface area contributed by atoms with Gasteiger partial charge in [-0.15, -0.1) is 0 Å². The van der Waals surface area contributed by atoms with Gasteiger partial charge < -0.3 is 10.2 Å². The Hall–Kier alpha value is -2.36. The van der Waals surface area contributed by atoms with Crippen molar-refractivity contribution in [2.45, 2.75) is 0 Å². The number of nitrogens with one attached hydrogen (secondary N) is 1. The van der Waals surface area contributed by atoms with Gasteiger partial charge in [0.2, 0.25) is 0 Å². The summed E-state index contributed by atoms with van der Waals surface area (Å²) in [6.07, 6.45) is 1.35. The van der Waals surface area contributed by atoms with Gasteiger partial charge in [0.05, 0.1) is 6.21 Å². The molecule has 1 N–H and O–H groups in total. The predicted molar refractivity (Wildman–Crippen MR) is 76.0 cm³/mol. The fourth-order valence-electron chi connectivity index (χ4n) is 1.86. The highest BCUT2D eigenvalue weighted by Gasteiger charge is 2.06. The van der Waals surface area contributed by atoms with Gasteiger partial charge in [-0.1, -0.05) is 29.4 Å². The monoisotopic (exact) mass is 258 g/mol. The quantitative estimate of drug-likeness (QED) is 0.672. The molecule has 0 saturated heterocycles. The maximum atomic E-state index is 13.9. The van der Waals surface area contributed by atoms with Crippen molar-refractivity contribution in [3.63, 3.8) is 0 Å². The molecule has 0 aromatic heterocycles. The van der Waals surface area contributed by atoms with Crippen LogP contribution >= 0.6 is 0 Å². The van der Waals surface area contributed by atoms with E-state index in [4.69, 9.17) is 0 Å². The van der Waals surface area contributed by atoms with Gasteiger partial charge in [-0.3, -0.25) is 0 Å². The zero-order valence-corrected chi connectivity index (χ0v) is 10.9. The average Bonchev–Trinajstić information content (AvgIpc) is 2.46. The smallest absolute Gasteiger partial charge is 0.132 e. The van der Waals surface area contributed by atoms with Gasteiger partial charge in [0.15, 0.2) is 0 Å². The van der Waals surface area contributed by atoms with E-state index in [0.717, 1.165) is 16.8 Å². The van der Waals surface area contributed by atoms with Crippen LogP contribution in [0.3, 0.4) is 0 Å². The van der Waals surface area contributed by atoms with Crippen molar-refractivity contribution in [2.24, 2.45) is 5.16 Å². The van der Waals surface area contributed by atoms with Crippen molar-refractivity contribution < 1.29 is 9.23 Å². The number of hydrogen-bond donors (Lipinski definition) is 1. The SMILES string of the molecule is CNc1ccccc1-c1ccc(/C=N/OC)c(F)c1. The van der Waals surface area contributed by atoms with Crippen molar-refractivity contribution in [3.8, 4) is 11.1 Å². The first kappa shape index (κ1) is 13.1. The van der Waals surface area contributed by atoms with Crippen molar-refractivity contribution in [1.29, 1.82) is 0 Å². The van der Waals surface area contributed by atoms with Crippen molar-refractivity contribution in [3.05, 3.63) is 53.8 Å². The van der Waals surface area contributed by atoms with Crippen LogP contribution in [-0.4, -0.2) is 20.4 Å². The van der Waals surface area contributed by atoms with E-state index < -0.39 is 0 Å². The van der Waals surface area contributed by atoms with E-state index in [1.807, 2.05) is 37.4 Å². The molecule has 0 fully saturated rings. The Morgan fingerprint density at radius 2 is 2.00 bits per heavy atom. The number of benzene rings is 2. The number of hydrogen-bond acceptors (Lipinski definition) is 3. The second-order valence-corrected chi connectivity index (χ2v) is 3.95. The summed E-state index contributed by atoms with van der Waals surface area (Å²) in [7, 11) is 3.26. The van der Waals surface area contributed by atoms with E-state index in [0.29, 0.717) is 5.56 Å². The molecule has 0 unspecified atom stereocenters. The molecule has 0 heterocycles. The molecule has 3 nitrogen and oxygen atoms in total. The lowest BCUT2D eigenvalue weighted by Crippen LogP contribution is -1.94. The number of oxime groups is 1. The fraction of sp³-hybridized carbons (Fsp3) is 0.133. The Bertz CT molecular complexity index is 596. The van der Waals surface area contributed by atoms with Crippen LogP contribution in [0, 0.1) is 5.82 Å². The summed E-state index contributed by atoms with van der Waals surface area (Å²) in [5.41, 5.74) is 3.13. The number of halogens is 1. The lowest BCUT2D eigenvalue weighted by atomic mass is 10.0. The summed E-state index contributed by atoms with van der Waals surface area (Å²) in [6, 6.07) is 12.8. The predicted octanol–water partition coefficient (Wildman–Crippen LogP) is 3.51. The number of rotatable bonds is 4. The Labute approximate surface area is 111 Å². The normalized spacial score (nSPS) is 10.7. The first-order chi connectivity index (χ1) is 9.26. The third-order valence-corrected chi connectivity index (χ3v) is 2.81. The van der Waals surface area contributed by atoms with E-state index in [9.17, 15) is 4.39 Å². The van der Waals surface area contributed by atoms with E-state index in [2.05, 4.69) is 15.3 Å². The highest BCUT2D eigenvalue weighted by molar-refractivity contribution is 5.83. The molecular formula is C15H15FN2O. The molecular weight excluding hydrogens is 243 g/mol. The van der Waals surface area contributed by atoms with Crippen molar-refractivity contribution >= 4 is 11.9 Å². The molecule has 19 heavy (non-hydrogen) atoms. The largest absolute Gasteiger partial charge is 0.399 e. The van der Waals surface area contributed by atoms with E-state index >= 15 is 0 Å². The maximum absolute atomic E-state index is 13.9. The summed E-state index contributed by atoms with van der Waals surface area (Å²) >= 11 is 0. The van der Waals surface area contributed by atoms with Crippen LogP contribution in [-0.2, 0) is 4.84 Å². The summed E-state index contributed by atoms with van der Waals surface area (Å²) in [5, 5.41) is 6.66. The second-order valence-electron chi connectivity index (χ2n) is 3.95. The van der Waals surface area contributed by atoms with Crippen LogP contribution in [0.4, 0.5) is 10.1 Å². The summed E-state index contributed by atoms with van der Waals surface area (Å²) in [5.74, 6) is -0.329. The number of anilines is 1. The van der Waals surface area contributed by atoms with Crippen LogP contribution in [0.25, 0.3) is 11.1 Å². The molecule has 0 saturated carbocycles. The first-order valence-corrected chi connectivity index (χ1v) is 5.89. The zero-order valence-electron chi connectivity index (χ0n) is 10.9. The Balaban J connectivity index is 2.41. The van der Waals surface area contributed by atoms with Crippen molar-refractivity contribution in [2.75, 3.05) is 19.5 Å². The standard InChI is InChI=1S/C15H15FN2O/c1-17-15-6-4-3-5-13(15)11-7-8-12(10-18-19-2)14(16)9-11/h3-10,17H,1-2H3/b18-10+. The molecule has 4 heteroatoms. The van der Waals surface area contributed by atoms with E-state index in [1.54, 1.807) is 6.07 Å². The minimum atomic E-state index is -0.329. The van der Waals surface area contributed by atoms with Crippen LogP contribution in [0.2, 0.25) is 0 Å². The topological polar surface area (TPSA) is 33.6 Å². The van der Waals surface area contributed by atoms with Gasteiger partial charge in [-0.25, -0.2) is 4.39 Å². The van der Waals surface area contributed by atoms with Crippen molar-refractivity contribution in [1.82, 2.24) is 0 Å². The summed E-state index contributed by atoms with van der Waals surface area (Å²) in [4.78, 5) is 4.54. The third kappa shape index (κ3) is 2.91. The lowest BCUT2D eigenvalue weighted by Gasteiger charge is -2.09. The molecule has 0 spiro atoms. The molecule has 2 rings (SSSR count). The molecule has 0 aliphatic carbocycles. The average molecular weight is 258 g/mol. The minimum absolute atomic E-state index is 0.329. The minimum Gasteiger partial charge on any atom is -0.399 e. The molecule has 0 aliphatic rings. The fourth-order valence-corrected chi connectivity index (χ4v) is 1.86. The first-order valence-electron chi connectivity index (χ1n) is 5.89. The van der Waals surface area contributed by atoms with Gasteiger partial charge >= 0.3 is 0 Å².